The van der Waals surface area contributed by atoms with Crippen LogP contribution in [0.4, 0.5) is 10.5 Å². The van der Waals surface area contributed by atoms with Gasteiger partial charge in [0.2, 0.25) is 0 Å². The molecule has 2 aromatic rings. The van der Waals surface area contributed by atoms with E-state index in [4.69, 9.17) is 4.74 Å². The van der Waals surface area contributed by atoms with E-state index in [1.54, 1.807) is 23.0 Å². The first kappa shape index (κ1) is 13.7. The molecule has 0 radical (unpaired) electrons. The predicted octanol–water partition coefficient (Wildman–Crippen LogP) is 2.80. The Morgan fingerprint density at radius 1 is 1.47 bits per heavy atom. The summed E-state index contributed by atoms with van der Waals surface area (Å²) in [6.45, 7) is 5.45. The van der Waals surface area contributed by atoms with E-state index in [0.29, 0.717) is 5.69 Å². The Balaban J connectivity index is 2.25. The molecule has 2 heterocycles. The summed E-state index contributed by atoms with van der Waals surface area (Å²) < 4.78 is 6.89. The van der Waals surface area contributed by atoms with Crippen LogP contribution >= 0.6 is 11.8 Å². The summed E-state index contributed by atoms with van der Waals surface area (Å²) in [6, 6.07) is 1.79. The average molecular weight is 280 g/mol. The minimum Gasteiger partial charge on any atom is -0.444 e. The second-order valence-electron chi connectivity index (χ2n) is 4.91. The van der Waals surface area contributed by atoms with Gasteiger partial charge >= 0.3 is 6.09 Å². The van der Waals surface area contributed by atoms with Gasteiger partial charge in [-0.2, -0.15) is 5.10 Å². The molecule has 0 aliphatic heterocycles. The quantitative estimate of drug-likeness (QED) is 0.676. The van der Waals surface area contributed by atoms with Crippen LogP contribution in [0.2, 0.25) is 0 Å². The molecule has 0 unspecified atom stereocenters. The Kier molecular flexibility index (Phi) is 3.66. The lowest BCUT2D eigenvalue weighted by atomic mass is 10.2. The first-order valence-corrected chi connectivity index (χ1v) is 7.00. The van der Waals surface area contributed by atoms with Gasteiger partial charge in [-0.15, -0.1) is 0 Å². The minimum absolute atomic E-state index is 0.495. The van der Waals surface area contributed by atoms with Gasteiger partial charge in [0, 0.05) is 6.20 Å². The number of anilines is 1. The van der Waals surface area contributed by atoms with E-state index < -0.39 is 11.7 Å². The number of carbonyl (C=O) groups is 1. The van der Waals surface area contributed by atoms with Gasteiger partial charge in [0.1, 0.15) is 5.60 Å². The third-order valence-corrected chi connectivity index (χ3v) is 2.87. The Morgan fingerprint density at radius 2 is 2.21 bits per heavy atom. The zero-order chi connectivity index (χ0) is 14.0. The number of thioether (sulfide) groups is 1. The van der Waals surface area contributed by atoms with Crippen LogP contribution in [0.25, 0.3) is 5.52 Å². The zero-order valence-corrected chi connectivity index (χ0v) is 12.1. The molecular formula is C12H16N4O2S. The molecule has 0 bridgehead atoms. The molecular weight excluding hydrogens is 264 g/mol. The van der Waals surface area contributed by atoms with Gasteiger partial charge in [0.25, 0.3) is 0 Å². The van der Waals surface area contributed by atoms with Crippen molar-refractivity contribution < 1.29 is 9.53 Å². The van der Waals surface area contributed by atoms with E-state index in [1.165, 1.54) is 11.8 Å². The monoisotopic (exact) mass is 280 g/mol. The van der Waals surface area contributed by atoms with Crippen molar-refractivity contribution in [2.45, 2.75) is 31.5 Å². The van der Waals surface area contributed by atoms with Crippen molar-refractivity contribution in [1.82, 2.24) is 14.6 Å². The number of ether oxygens (including phenoxy) is 1. The Hall–Kier alpha value is -1.76. The van der Waals surface area contributed by atoms with E-state index in [-0.39, 0.29) is 0 Å². The predicted molar refractivity (Wildman–Crippen MR) is 74.6 cm³/mol. The highest BCUT2D eigenvalue weighted by molar-refractivity contribution is 7.98. The number of amides is 1. The van der Waals surface area contributed by atoms with Gasteiger partial charge in [-0.1, -0.05) is 11.8 Å². The van der Waals surface area contributed by atoms with Crippen LogP contribution in [0.5, 0.6) is 0 Å². The lowest BCUT2D eigenvalue weighted by Crippen LogP contribution is -2.27. The molecule has 0 aliphatic carbocycles. The van der Waals surface area contributed by atoms with E-state index in [9.17, 15) is 4.79 Å². The van der Waals surface area contributed by atoms with Gasteiger partial charge in [0.15, 0.2) is 5.16 Å². The third-order valence-electron chi connectivity index (χ3n) is 2.22. The number of aromatic nitrogens is 3. The van der Waals surface area contributed by atoms with Crippen LogP contribution in [0.1, 0.15) is 20.8 Å². The molecule has 0 saturated heterocycles. The number of rotatable bonds is 2. The summed E-state index contributed by atoms with van der Waals surface area (Å²) in [4.78, 5) is 15.9. The SMILES string of the molecule is CSc1nccc2c(NC(=O)OC(C)(C)C)cnn12. The molecule has 6 nitrogen and oxygen atoms in total. The number of carbonyl (C=O) groups excluding carboxylic acids is 1. The summed E-state index contributed by atoms with van der Waals surface area (Å²) in [5.74, 6) is 0. The summed E-state index contributed by atoms with van der Waals surface area (Å²) in [5, 5.41) is 7.65. The molecule has 19 heavy (non-hydrogen) atoms. The Labute approximate surface area is 115 Å². The second kappa shape index (κ2) is 5.08. The van der Waals surface area contributed by atoms with Crippen molar-refractivity contribution in [3.63, 3.8) is 0 Å². The Morgan fingerprint density at radius 3 is 2.84 bits per heavy atom. The van der Waals surface area contributed by atoms with Crippen molar-refractivity contribution in [3.8, 4) is 0 Å². The minimum atomic E-state index is -0.529. The highest BCUT2D eigenvalue weighted by Gasteiger charge is 2.18. The number of hydrogen-bond acceptors (Lipinski definition) is 5. The van der Waals surface area contributed by atoms with E-state index >= 15 is 0 Å². The molecule has 0 aliphatic rings. The van der Waals surface area contributed by atoms with Crippen molar-refractivity contribution in [2.75, 3.05) is 11.6 Å². The first-order valence-electron chi connectivity index (χ1n) is 5.77. The number of hydrogen-bond donors (Lipinski definition) is 1. The average Bonchev–Trinajstić information content (AvgIpc) is 2.70. The van der Waals surface area contributed by atoms with Crippen LogP contribution in [0, 0.1) is 0 Å². The second-order valence-corrected chi connectivity index (χ2v) is 5.69. The summed E-state index contributed by atoms with van der Waals surface area (Å²) in [5.41, 5.74) is 0.858. The molecule has 1 amide bonds. The fraction of sp³-hybridized carbons (Fsp3) is 0.417. The normalized spacial score (nSPS) is 11.6. The lowest BCUT2D eigenvalue weighted by molar-refractivity contribution is 0.0636. The Bertz CT molecular complexity index is 603. The molecule has 7 heteroatoms. The maximum atomic E-state index is 11.7. The van der Waals surface area contributed by atoms with Crippen molar-refractivity contribution in [3.05, 3.63) is 18.5 Å². The maximum Gasteiger partial charge on any atom is 0.412 e. The van der Waals surface area contributed by atoms with Crippen LogP contribution in [0.15, 0.2) is 23.6 Å². The lowest BCUT2D eigenvalue weighted by Gasteiger charge is -2.19. The molecule has 0 spiro atoms. The van der Waals surface area contributed by atoms with Crippen LogP contribution < -0.4 is 5.32 Å². The highest BCUT2D eigenvalue weighted by atomic mass is 32.2. The number of fused-ring (bicyclic) bond motifs is 1. The van der Waals surface area contributed by atoms with Crippen LogP contribution in [-0.4, -0.2) is 32.5 Å². The molecule has 1 N–H and O–H groups in total. The van der Waals surface area contributed by atoms with E-state index in [0.717, 1.165) is 10.7 Å². The zero-order valence-electron chi connectivity index (χ0n) is 11.3. The van der Waals surface area contributed by atoms with Gasteiger partial charge in [0.05, 0.1) is 17.4 Å². The summed E-state index contributed by atoms with van der Waals surface area (Å²) >= 11 is 1.49. The largest absolute Gasteiger partial charge is 0.444 e. The molecule has 0 atom stereocenters. The van der Waals surface area contributed by atoms with Crippen molar-refractivity contribution in [2.24, 2.45) is 0 Å². The van der Waals surface area contributed by atoms with Crippen molar-refractivity contribution >= 4 is 29.1 Å². The van der Waals surface area contributed by atoms with Gasteiger partial charge in [-0.3, -0.25) is 5.32 Å². The first-order chi connectivity index (χ1) is 8.90. The van der Waals surface area contributed by atoms with Gasteiger partial charge in [-0.05, 0) is 33.1 Å². The van der Waals surface area contributed by atoms with Crippen molar-refractivity contribution in [1.29, 1.82) is 0 Å². The number of nitrogens with one attached hydrogen (secondary N) is 1. The highest BCUT2D eigenvalue weighted by Crippen LogP contribution is 2.21. The summed E-state index contributed by atoms with van der Waals surface area (Å²) in [7, 11) is 0. The molecule has 102 valence electrons. The fourth-order valence-corrected chi connectivity index (χ4v) is 2.03. The molecule has 0 aromatic carbocycles. The molecule has 2 rings (SSSR count). The number of nitrogens with zero attached hydrogens (tertiary/aromatic N) is 3. The smallest absolute Gasteiger partial charge is 0.412 e. The molecule has 2 aromatic heterocycles. The van der Waals surface area contributed by atoms with E-state index in [1.807, 2.05) is 27.0 Å². The van der Waals surface area contributed by atoms with E-state index in [2.05, 4.69) is 15.4 Å². The molecule has 0 fully saturated rings. The van der Waals surface area contributed by atoms with Gasteiger partial charge in [-0.25, -0.2) is 14.3 Å². The topological polar surface area (TPSA) is 68.5 Å². The van der Waals surface area contributed by atoms with Gasteiger partial charge < -0.3 is 4.74 Å². The third kappa shape index (κ3) is 3.17. The standard InChI is InChI=1S/C12H16N4O2S/c1-12(2,3)18-11(17)15-8-7-14-16-9(8)5-6-13-10(16)19-4/h5-7H,1-4H3,(H,15,17). The fourth-order valence-electron chi connectivity index (χ4n) is 1.55. The molecule has 0 saturated carbocycles. The summed E-state index contributed by atoms with van der Waals surface area (Å²) in [6.07, 6.45) is 4.69. The van der Waals surface area contributed by atoms with Crippen LogP contribution in [-0.2, 0) is 4.74 Å². The van der Waals surface area contributed by atoms with Crippen LogP contribution in [0.3, 0.4) is 0 Å². The maximum absolute atomic E-state index is 11.7.